The fourth-order valence-corrected chi connectivity index (χ4v) is 3.31. The molecule has 0 saturated heterocycles. The molecule has 1 saturated carbocycles. The highest BCUT2D eigenvalue weighted by Crippen LogP contribution is 2.42. The zero-order valence-corrected chi connectivity index (χ0v) is 13.9. The number of esters is 2. The third kappa shape index (κ3) is 3.69. The van der Waals surface area contributed by atoms with E-state index in [-0.39, 0.29) is 11.9 Å². The SMILES string of the molecule is CCN(CC)CCOC(=O)C1=C(C)C(=O)OC2(CCCC2)C1. The quantitative estimate of drug-likeness (QED) is 0.705. The molecule has 1 aliphatic heterocycles. The molecule has 0 aromatic carbocycles. The average Bonchev–Trinajstić information content (AvgIpc) is 2.95. The van der Waals surface area contributed by atoms with E-state index in [2.05, 4.69) is 18.7 Å². The number of hydrogen-bond acceptors (Lipinski definition) is 5. The van der Waals surface area contributed by atoms with E-state index in [0.29, 0.717) is 24.2 Å². The van der Waals surface area contributed by atoms with Crippen molar-refractivity contribution in [2.24, 2.45) is 0 Å². The Kier molecular flexibility index (Phi) is 5.62. The van der Waals surface area contributed by atoms with E-state index < -0.39 is 5.60 Å². The average molecular weight is 309 g/mol. The maximum absolute atomic E-state index is 12.3. The van der Waals surface area contributed by atoms with Crippen molar-refractivity contribution >= 4 is 11.9 Å². The minimum Gasteiger partial charge on any atom is -0.461 e. The molecule has 2 rings (SSSR count). The van der Waals surface area contributed by atoms with E-state index in [9.17, 15) is 9.59 Å². The number of carbonyl (C=O) groups is 2. The van der Waals surface area contributed by atoms with Crippen molar-refractivity contribution in [3.8, 4) is 0 Å². The molecule has 1 fully saturated rings. The summed E-state index contributed by atoms with van der Waals surface area (Å²) in [6, 6.07) is 0. The summed E-state index contributed by atoms with van der Waals surface area (Å²) in [5, 5.41) is 0. The van der Waals surface area contributed by atoms with Gasteiger partial charge in [0.05, 0.1) is 5.57 Å². The van der Waals surface area contributed by atoms with Crippen LogP contribution in [0, 0.1) is 0 Å². The van der Waals surface area contributed by atoms with E-state index >= 15 is 0 Å². The fourth-order valence-electron chi connectivity index (χ4n) is 3.31. The molecule has 0 radical (unpaired) electrons. The summed E-state index contributed by atoms with van der Waals surface area (Å²) in [7, 11) is 0. The molecular weight excluding hydrogens is 282 g/mol. The Labute approximate surface area is 132 Å². The lowest BCUT2D eigenvalue weighted by atomic mass is 9.87. The van der Waals surface area contributed by atoms with Gasteiger partial charge in [-0.3, -0.25) is 0 Å². The Hall–Kier alpha value is -1.36. The molecule has 0 unspecified atom stereocenters. The van der Waals surface area contributed by atoms with Crippen molar-refractivity contribution in [1.82, 2.24) is 4.90 Å². The second-order valence-corrected chi connectivity index (χ2v) is 6.22. The van der Waals surface area contributed by atoms with Crippen LogP contribution < -0.4 is 0 Å². The molecule has 1 aliphatic carbocycles. The van der Waals surface area contributed by atoms with E-state index in [4.69, 9.17) is 9.47 Å². The van der Waals surface area contributed by atoms with Crippen molar-refractivity contribution in [2.45, 2.75) is 58.5 Å². The number of nitrogens with zero attached hydrogens (tertiary/aromatic N) is 1. The highest BCUT2D eigenvalue weighted by Gasteiger charge is 2.44. The minimum atomic E-state index is -0.455. The maximum atomic E-state index is 12.3. The highest BCUT2D eigenvalue weighted by molar-refractivity contribution is 6.01. The maximum Gasteiger partial charge on any atom is 0.334 e. The zero-order chi connectivity index (χ0) is 16.2. The molecule has 22 heavy (non-hydrogen) atoms. The van der Waals surface area contributed by atoms with Crippen LogP contribution in [0.3, 0.4) is 0 Å². The molecule has 0 aromatic heterocycles. The summed E-state index contributed by atoms with van der Waals surface area (Å²) in [6.07, 6.45) is 4.31. The van der Waals surface area contributed by atoms with Gasteiger partial charge < -0.3 is 14.4 Å². The lowest BCUT2D eigenvalue weighted by molar-refractivity contribution is -0.159. The van der Waals surface area contributed by atoms with E-state index in [1.54, 1.807) is 6.92 Å². The molecule has 0 bridgehead atoms. The van der Waals surface area contributed by atoms with Gasteiger partial charge in [0, 0.05) is 18.5 Å². The second kappa shape index (κ2) is 7.27. The van der Waals surface area contributed by atoms with Crippen LogP contribution in [0.2, 0.25) is 0 Å². The molecular formula is C17H27NO4. The predicted octanol–water partition coefficient (Wildman–Crippen LogP) is 2.45. The van der Waals surface area contributed by atoms with Crippen LogP contribution in [-0.4, -0.2) is 48.7 Å². The zero-order valence-electron chi connectivity index (χ0n) is 13.9. The predicted molar refractivity (Wildman–Crippen MR) is 83.4 cm³/mol. The summed E-state index contributed by atoms with van der Waals surface area (Å²) in [4.78, 5) is 26.6. The van der Waals surface area contributed by atoms with Gasteiger partial charge in [0.25, 0.3) is 0 Å². The Morgan fingerprint density at radius 2 is 1.91 bits per heavy atom. The first kappa shape index (κ1) is 17.0. The molecule has 1 spiro atoms. The van der Waals surface area contributed by atoms with Gasteiger partial charge in [-0.15, -0.1) is 0 Å². The lowest BCUT2D eigenvalue weighted by Gasteiger charge is -2.34. The van der Waals surface area contributed by atoms with Gasteiger partial charge in [-0.2, -0.15) is 0 Å². The molecule has 0 aromatic rings. The molecule has 5 heteroatoms. The van der Waals surface area contributed by atoms with Crippen LogP contribution in [0.25, 0.3) is 0 Å². The van der Waals surface area contributed by atoms with Crippen molar-refractivity contribution in [3.63, 3.8) is 0 Å². The summed E-state index contributed by atoms with van der Waals surface area (Å²) in [6.45, 7) is 8.78. The number of ether oxygens (including phenoxy) is 2. The van der Waals surface area contributed by atoms with Crippen molar-refractivity contribution in [2.75, 3.05) is 26.2 Å². The van der Waals surface area contributed by atoms with Crippen LogP contribution in [-0.2, 0) is 19.1 Å². The van der Waals surface area contributed by atoms with E-state index in [0.717, 1.165) is 45.3 Å². The van der Waals surface area contributed by atoms with Crippen LogP contribution in [0.4, 0.5) is 0 Å². The fraction of sp³-hybridized carbons (Fsp3) is 0.765. The van der Waals surface area contributed by atoms with Crippen molar-refractivity contribution < 1.29 is 19.1 Å². The van der Waals surface area contributed by atoms with Gasteiger partial charge in [-0.05, 0) is 45.7 Å². The molecule has 1 heterocycles. The van der Waals surface area contributed by atoms with Crippen LogP contribution in [0.5, 0.6) is 0 Å². The van der Waals surface area contributed by atoms with Crippen LogP contribution in [0.1, 0.15) is 52.9 Å². The van der Waals surface area contributed by atoms with Gasteiger partial charge in [-0.25, -0.2) is 9.59 Å². The number of hydrogen-bond donors (Lipinski definition) is 0. The number of carbonyl (C=O) groups excluding carboxylic acids is 2. The third-order valence-corrected chi connectivity index (χ3v) is 4.86. The number of likely N-dealkylation sites (N-methyl/N-ethyl adjacent to an activating group) is 1. The highest BCUT2D eigenvalue weighted by atomic mass is 16.6. The van der Waals surface area contributed by atoms with Crippen LogP contribution in [0.15, 0.2) is 11.1 Å². The molecule has 5 nitrogen and oxygen atoms in total. The Bertz CT molecular complexity index is 459. The molecule has 0 N–H and O–H groups in total. The van der Waals surface area contributed by atoms with E-state index in [1.807, 2.05) is 0 Å². The smallest absolute Gasteiger partial charge is 0.334 e. The Morgan fingerprint density at radius 3 is 2.50 bits per heavy atom. The lowest BCUT2D eigenvalue weighted by Crippen LogP contribution is -2.39. The van der Waals surface area contributed by atoms with Gasteiger partial charge in [0.2, 0.25) is 0 Å². The Morgan fingerprint density at radius 1 is 1.27 bits per heavy atom. The Balaban J connectivity index is 1.98. The van der Waals surface area contributed by atoms with Crippen molar-refractivity contribution in [1.29, 1.82) is 0 Å². The van der Waals surface area contributed by atoms with Gasteiger partial charge in [-0.1, -0.05) is 13.8 Å². The monoisotopic (exact) mass is 309 g/mol. The minimum absolute atomic E-state index is 0.354. The first-order valence-corrected chi connectivity index (χ1v) is 8.34. The normalized spacial score (nSPS) is 20.6. The summed E-state index contributed by atoms with van der Waals surface area (Å²) >= 11 is 0. The summed E-state index contributed by atoms with van der Waals surface area (Å²) in [5.41, 5.74) is 0.465. The molecule has 0 atom stereocenters. The van der Waals surface area contributed by atoms with E-state index in [1.165, 1.54) is 0 Å². The standard InChI is InChI=1S/C17H27NO4/c1-4-18(5-2)10-11-21-16(20)14-12-17(8-6-7-9-17)22-15(19)13(14)3/h4-12H2,1-3H3. The topological polar surface area (TPSA) is 55.8 Å². The molecule has 0 amide bonds. The van der Waals surface area contributed by atoms with Gasteiger partial charge >= 0.3 is 11.9 Å². The summed E-state index contributed by atoms with van der Waals surface area (Å²) in [5.74, 6) is -0.712. The largest absolute Gasteiger partial charge is 0.461 e. The second-order valence-electron chi connectivity index (χ2n) is 6.22. The van der Waals surface area contributed by atoms with Crippen molar-refractivity contribution in [3.05, 3.63) is 11.1 Å². The third-order valence-electron chi connectivity index (χ3n) is 4.86. The molecule has 124 valence electrons. The van der Waals surface area contributed by atoms with Gasteiger partial charge in [0.1, 0.15) is 12.2 Å². The van der Waals surface area contributed by atoms with Crippen LogP contribution >= 0.6 is 0 Å². The van der Waals surface area contributed by atoms with Gasteiger partial charge in [0.15, 0.2) is 0 Å². The number of rotatable bonds is 6. The summed E-state index contributed by atoms with van der Waals surface area (Å²) < 4.78 is 11.0. The molecule has 2 aliphatic rings. The first-order chi connectivity index (χ1) is 10.5. The first-order valence-electron chi connectivity index (χ1n) is 8.34.